The first-order chi connectivity index (χ1) is 7.22. The molecule has 1 aromatic heterocycles. The molecule has 2 heterocycles. The number of rotatable bonds is 3. The van der Waals surface area contributed by atoms with E-state index < -0.39 is 0 Å². The third kappa shape index (κ3) is 2.61. The van der Waals surface area contributed by atoms with Crippen LogP contribution >= 0.6 is 0 Å². The van der Waals surface area contributed by atoms with Crippen molar-refractivity contribution in [1.82, 2.24) is 10.2 Å². The molecule has 1 aliphatic rings. The summed E-state index contributed by atoms with van der Waals surface area (Å²) in [6, 6.07) is 2.05. The van der Waals surface area contributed by atoms with Crippen LogP contribution in [-0.2, 0) is 6.54 Å². The van der Waals surface area contributed by atoms with E-state index in [2.05, 4.69) is 24.1 Å². The summed E-state index contributed by atoms with van der Waals surface area (Å²) in [7, 11) is 0. The van der Waals surface area contributed by atoms with Gasteiger partial charge in [-0.05, 0) is 19.4 Å². The summed E-state index contributed by atoms with van der Waals surface area (Å²) in [5.41, 5.74) is 1.55. The maximum absolute atomic E-state index is 5.09. The standard InChI is InChI=1S/C12H20N2O/c1-3-12(2)10-14(6-5-13-12)8-11-4-7-15-9-11/h4,7,9,13H,3,5-6,8,10H2,1-2H3. The van der Waals surface area contributed by atoms with Gasteiger partial charge in [0.05, 0.1) is 12.5 Å². The molecule has 1 saturated heterocycles. The first-order valence-electron chi connectivity index (χ1n) is 5.70. The summed E-state index contributed by atoms with van der Waals surface area (Å²) in [5.74, 6) is 0. The Labute approximate surface area is 91.4 Å². The highest BCUT2D eigenvalue weighted by Gasteiger charge is 2.28. The highest BCUT2D eigenvalue weighted by Crippen LogP contribution is 2.17. The Bertz CT molecular complexity index is 297. The van der Waals surface area contributed by atoms with Crippen molar-refractivity contribution in [3.05, 3.63) is 24.2 Å². The van der Waals surface area contributed by atoms with Crippen LogP contribution in [0.5, 0.6) is 0 Å². The van der Waals surface area contributed by atoms with Crippen molar-refractivity contribution in [2.24, 2.45) is 0 Å². The number of nitrogens with one attached hydrogen (secondary N) is 1. The molecule has 15 heavy (non-hydrogen) atoms. The van der Waals surface area contributed by atoms with Gasteiger partial charge in [-0.15, -0.1) is 0 Å². The topological polar surface area (TPSA) is 28.4 Å². The van der Waals surface area contributed by atoms with E-state index in [-0.39, 0.29) is 5.54 Å². The summed E-state index contributed by atoms with van der Waals surface area (Å²) < 4.78 is 5.09. The van der Waals surface area contributed by atoms with Gasteiger partial charge in [0, 0.05) is 37.3 Å². The molecule has 84 valence electrons. The molecule has 3 nitrogen and oxygen atoms in total. The van der Waals surface area contributed by atoms with Gasteiger partial charge in [0.1, 0.15) is 0 Å². The van der Waals surface area contributed by atoms with E-state index in [1.807, 2.05) is 12.3 Å². The van der Waals surface area contributed by atoms with Crippen LogP contribution in [0.2, 0.25) is 0 Å². The molecular formula is C12H20N2O. The van der Waals surface area contributed by atoms with Crippen molar-refractivity contribution in [1.29, 1.82) is 0 Å². The summed E-state index contributed by atoms with van der Waals surface area (Å²) in [6.45, 7) is 8.88. The second-order valence-electron chi connectivity index (χ2n) is 4.68. The molecule has 1 aromatic rings. The Hall–Kier alpha value is -0.800. The third-order valence-electron chi connectivity index (χ3n) is 3.32. The van der Waals surface area contributed by atoms with Gasteiger partial charge in [-0.2, -0.15) is 0 Å². The minimum Gasteiger partial charge on any atom is -0.472 e. The fourth-order valence-corrected chi connectivity index (χ4v) is 2.16. The van der Waals surface area contributed by atoms with E-state index in [1.165, 1.54) is 12.0 Å². The summed E-state index contributed by atoms with van der Waals surface area (Å²) in [4.78, 5) is 2.49. The SMILES string of the molecule is CCC1(C)CN(Cc2ccoc2)CCN1. The molecule has 0 aromatic carbocycles. The molecule has 0 spiro atoms. The van der Waals surface area contributed by atoms with E-state index >= 15 is 0 Å². The Morgan fingerprint density at radius 2 is 2.47 bits per heavy atom. The van der Waals surface area contributed by atoms with Crippen LogP contribution in [0.4, 0.5) is 0 Å². The second kappa shape index (κ2) is 4.37. The zero-order valence-electron chi connectivity index (χ0n) is 9.62. The zero-order chi connectivity index (χ0) is 10.7. The molecule has 0 bridgehead atoms. The van der Waals surface area contributed by atoms with Crippen molar-refractivity contribution >= 4 is 0 Å². The largest absolute Gasteiger partial charge is 0.472 e. The maximum atomic E-state index is 5.09. The second-order valence-corrected chi connectivity index (χ2v) is 4.68. The molecular weight excluding hydrogens is 188 g/mol. The van der Waals surface area contributed by atoms with Gasteiger partial charge in [-0.25, -0.2) is 0 Å². The lowest BCUT2D eigenvalue weighted by molar-refractivity contribution is 0.133. The molecule has 3 heteroatoms. The molecule has 0 saturated carbocycles. The van der Waals surface area contributed by atoms with Gasteiger partial charge in [0.2, 0.25) is 0 Å². The highest BCUT2D eigenvalue weighted by atomic mass is 16.3. The molecule has 1 N–H and O–H groups in total. The number of nitrogens with zero attached hydrogens (tertiary/aromatic N) is 1. The maximum Gasteiger partial charge on any atom is 0.0947 e. The van der Waals surface area contributed by atoms with Crippen LogP contribution in [0.1, 0.15) is 25.8 Å². The fourth-order valence-electron chi connectivity index (χ4n) is 2.16. The van der Waals surface area contributed by atoms with Gasteiger partial charge in [0.15, 0.2) is 0 Å². The quantitative estimate of drug-likeness (QED) is 0.821. The van der Waals surface area contributed by atoms with Crippen LogP contribution in [0.15, 0.2) is 23.0 Å². The van der Waals surface area contributed by atoms with Gasteiger partial charge < -0.3 is 9.73 Å². The lowest BCUT2D eigenvalue weighted by Crippen LogP contribution is -2.57. The lowest BCUT2D eigenvalue weighted by Gasteiger charge is -2.41. The lowest BCUT2D eigenvalue weighted by atomic mass is 9.96. The smallest absolute Gasteiger partial charge is 0.0947 e. The normalized spacial score (nSPS) is 28.1. The van der Waals surface area contributed by atoms with Crippen LogP contribution in [0.25, 0.3) is 0 Å². The Balaban J connectivity index is 1.93. The van der Waals surface area contributed by atoms with Crippen molar-refractivity contribution < 1.29 is 4.42 Å². The van der Waals surface area contributed by atoms with Gasteiger partial charge in [0.25, 0.3) is 0 Å². The molecule has 0 amide bonds. The number of furan rings is 1. The first kappa shape index (κ1) is 10.7. The van der Waals surface area contributed by atoms with Crippen LogP contribution < -0.4 is 5.32 Å². The van der Waals surface area contributed by atoms with Crippen molar-refractivity contribution in [3.63, 3.8) is 0 Å². The number of hydrogen-bond acceptors (Lipinski definition) is 3. The Morgan fingerprint density at radius 1 is 1.60 bits per heavy atom. The molecule has 0 radical (unpaired) electrons. The van der Waals surface area contributed by atoms with E-state index in [1.54, 1.807) is 6.26 Å². The van der Waals surface area contributed by atoms with Crippen LogP contribution in [-0.4, -0.2) is 30.1 Å². The summed E-state index contributed by atoms with van der Waals surface area (Å²) >= 11 is 0. The summed E-state index contributed by atoms with van der Waals surface area (Å²) in [6.07, 6.45) is 4.76. The molecule has 2 rings (SSSR count). The van der Waals surface area contributed by atoms with E-state index in [4.69, 9.17) is 4.42 Å². The molecule has 0 aliphatic carbocycles. The van der Waals surface area contributed by atoms with Gasteiger partial charge in [-0.3, -0.25) is 4.90 Å². The average Bonchev–Trinajstić information content (AvgIpc) is 2.71. The number of hydrogen-bond donors (Lipinski definition) is 1. The molecule has 1 atom stereocenters. The van der Waals surface area contributed by atoms with E-state index in [9.17, 15) is 0 Å². The third-order valence-corrected chi connectivity index (χ3v) is 3.32. The zero-order valence-corrected chi connectivity index (χ0v) is 9.62. The van der Waals surface area contributed by atoms with Crippen LogP contribution in [0.3, 0.4) is 0 Å². The highest BCUT2D eigenvalue weighted by molar-refractivity contribution is 5.06. The fraction of sp³-hybridized carbons (Fsp3) is 0.667. The Kier molecular flexibility index (Phi) is 3.12. The summed E-state index contributed by atoms with van der Waals surface area (Å²) in [5, 5.41) is 3.59. The Morgan fingerprint density at radius 3 is 3.13 bits per heavy atom. The predicted molar refractivity (Wildman–Crippen MR) is 60.7 cm³/mol. The minimum atomic E-state index is 0.280. The molecule has 1 fully saturated rings. The van der Waals surface area contributed by atoms with Crippen molar-refractivity contribution in [2.75, 3.05) is 19.6 Å². The predicted octanol–water partition coefficient (Wildman–Crippen LogP) is 1.85. The van der Waals surface area contributed by atoms with Crippen molar-refractivity contribution in [3.8, 4) is 0 Å². The number of piperazine rings is 1. The van der Waals surface area contributed by atoms with Crippen LogP contribution in [0, 0.1) is 0 Å². The molecule has 1 aliphatic heterocycles. The molecule has 1 unspecified atom stereocenters. The van der Waals surface area contributed by atoms with Crippen molar-refractivity contribution in [2.45, 2.75) is 32.4 Å². The minimum absolute atomic E-state index is 0.280. The monoisotopic (exact) mass is 208 g/mol. The first-order valence-corrected chi connectivity index (χ1v) is 5.70. The van der Waals surface area contributed by atoms with E-state index in [0.717, 1.165) is 26.2 Å². The van der Waals surface area contributed by atoms with Gasteiger partial charge >= 0.3 is 0 Å². The van der Waals surface area contributed by atoms with E-state index in [0.29, 0.717) is 0 Å². The van der Waals surface area contributed by atoms with Gasteiger partial charge in [-0.1, -0.05) is 6.92 Å². The average molecular weight is 208 g/mol.